The van der Waals surface area contributed by atoms with Crippen molar-refractivity contribution in [2.45, 2.75) is 35.9 Å². The molecule has 0 bridgehead atoms. The van der Waals surface area contributed by atoms with Gasteiger partial charge in [-0.1, -0.05) is 23.7 Å². The Morgan fingerprint density at radius 2 is 1.94 bits per heavy atom. The first kappa shape index (κ1) is 23.3. The molecule has 3 aliphatic rings. The van der Waals surface area contributed by atoms with Crippen molar-refractivity contribution in [1.29, 1.82) is 0 Å². The van der Waals surface area contributed by atoms with Gasteiger partial charge in [0.15, 0.2) is 9.84 Å². The standard InChI is InChI=1S/C24H24ClFN2O5S/c1-34(31,32)17-4-2-3-13(7-17)24(30)28-20-8-14(20)9-21(28)23(29)27-22(15-11-33-12-15)18-6-5-16(25)10-19(18)26/h2-7,10,14-15,20-22H,8-9,11-12H2,1H3,(H,27,29)/t14-,20-,21-,22-/m1/s1. The van der Waals surface area contributed by atoms with E-state index in [4.69, 9.17) is 16.3 Å². The highest BCUT2D eigenvalue weighted by Crippen LogP contribution is 2.48. The Kier molecular flexibility index (Phi) is 5.90. The monoisotopic (exact) mass is 506 g/mol. The number of benzene rings is 2. The van der Waals surface area contributed by atoms with Crippen molar-refractivity contribution in [2.75, 3.05) is 19.5 Å². The topological polar surface area (TPSA) is 92.8 Å². The Balaban J connectivity index is 1.39. The third-order valence-electron chi connectivity index (χ3n) is 6.88. The maximum atomic E-state index is 14.7. The highest BCUT2D eigenvalue weighted by molar-refractivity contribution is 7.90. The first-order chi connectivity index (χ1) is 16.1. The molecule has 3 fully saturated rings. The smallest absolute Gasteiger partial charge is 0.254 e. The summed E-state index contributed by atoms with van der Waals surface area (Å²) >= 11 is 5.90. The van der Waals surface area contributed by atoms with Gasteiger partial charge in [0.05, 0.1) is 24.2 Å². The number of halogens is 2. The number of likely N-dealkylation sites (tertiary alicyclic amines) is 1. The number of hydrogen-bond donors (Lipinski definition) is 1. The van der Waals surface area contributed by atoms with Crippen LogP contribution in [-0.2, 0) is 19.4 Å². The molecule has 1 saturated carbocycles. The van der Waals surface area contributed by atoms with Crippen LogP contribution in [0.1, 0.15) is 34.8 Å². The lowest BCUT2D eigenvalue weighted by Crippen LogP contribution is -2.51. The Hall–Kier alpha value is -2.49. The molecule has 2 aromatic carbocycles. The second-order valence-electron chi connectivity index (χ2n) is 9.28. The van der Waals surface area contributed by atoms with Crippen LogP contribution < -0.4 is 5.32 Å². The summed E-state index contributed by atoms with van der Waals surface area (Å²) < 4.78 is 43.8. The third-order valence-corrected chi connectivity index (χ3v) is 8.23. The molecule has 2 heterocycles. The van der Waals surface area contributed by atoms with E-state index in [1.807, 2.05) is 0 Å². The number of carbonyl (C=O) groups excluding carboxylic acids is 2. The fourth-order valence-corrected chi connectivity index (χ4v) is 5.72. The zero-order valence-corrected chi connectivity index (χ0v) is 20.0. The Bertz CT molecular complexity index is 1270. The quantitative estimate of drug-likeness (QED) is 0.650. The van der Waals surface area contributed by atoms with Crippen LogP contribution in [0, 0.1) is 17.7 Å². The van der Waals surface area contributed by atoms with E-state index in [0.717, 1.165) is 12.7 Å². The predicted molar refractivity (Wildman–Crippen MR) is 123 cm³/mol. The van der Waals surface area contributed by atoms with Gasteiger partial charge in [0.2, 0.25) is 5.91 Å². The van der Waals surface area contributed by atoms with Crippen molar-refractivity contribution in [3.8, 4) is 0 Å². The van der Waals surface area contributed by atoms with Crippen molar-refractivity contribution < 1.29 is 27.1 Å². The summed E-state index contributed by atoms with van der Waals surface area (Å²) in [4.78, 5) is 28.4. The molecule has 180 valence electrons. The maximum Gasteiger partial charge on any atom is 0.254 e. The number of sulfone groups is 1. The van der Waals surface area contributed by atoms with Gasteiger partial charge >= 0.3 is 0 Å². The Labute approximate surface area is 202 Å². The van der Waals surface area contributed by atoms with E-state index in [9.17, 15) is 22.4 Å². The van der Waals surface area contributed by atoms with Crippen molar-refractivity contribution in [2.24, 2.45) is 11.8 Å². The number of ether oxygens (including phenoxy) is 1. The normalized spacial score (nSPS) is 24.8. The number of fused-ring (bicyclic) bond motifs is 1. The van der Waals surface area contributed by atoms with Gasteiger partial charge in [0, 0.05) is 34.4 Å². The van der Waals surface area contributed by atoms with Crippen LogP contribution in [0.3, 0.4) is 0 Å². The fourth-order valence-electron chi connectivity index (χ4n) is 4.89. The lowest BCUT2D eigenvalue weighted by Gasteiger charge is -2.36. The zero-order valence-electron chi connectivity index (χ0n) is 18.4. The van der Waals surface area contributed by atoms with Gasteiger partial charge in [-0.05, 0) is 49.1 Å². The van der Waals surface area contributed by atoms with E-state index in [-0.39, 0.29) is 45.2 Å². The van der Waals surface area contributed by atoms with Crippen LogP contribution >= 0.6 is 11.6 Å². The largest absolute Gasteiger partial charge is 0.381 e. The number of hydrogen-bond acceptors (Lipinski definition) is 5. The van der Waals surface area contributed by atoms with Gasteiger partial charge in [-0.25, -0.2) is 12.8 Å². The minimum Gasteiger partial charge on any atom is -0.381 e. The highest BCUT2D eigenvalue weighted by Gasteiger charge is 2.56. The van der Waals surface area contributed by atoms with Crippen LogP contribution in [-0.4, -0.2) is 56.7 Å². The van der Waals surface area contributed by atoms with Crippen LogP contribution in [0.2, 0.25) is 5.02 Å². The van der Waals surface area contributed by atoms with E-state index >= 15 is 0 Å². The van der Waals surface area contributed by atoms with Crippen molar-refractivity contribution in [3.63, 3.8) is 0 Å². The molecule has 2 saturated heterocycles. The average Bonchev–Trinajstić information content (AvgIpc) is 3.40. The maximum absolute atomic E-state index is 14.7. The van der Waals surface area contributed by atoms with Crippen molar-refractivity contribution in [3.05, 3.63) is 64.4 Å². The number of carbonyl (C=O) groups is 2. The van der Waals surface area contributed by atoms with E-state index in [2.05, 4.69) is 5.32 Å². The van der Waals surface area contributed by atoms with Gasteiger partial charge in [0.1, 0.15) is 11.9 Å². The van der Waals surface area contributed by atoms with Gasteiger partial charge in [-0.3, -0.25) is 9.59 Å². The molecular weight excluding hydrogens is 483 g/mol. The van der Waals surface area contributed by atoms with E-state index < -0.39 is 27.7 Å². The molecular formula is C24H24ClFN2O5S. The zero-order chi connectivity index (χ0) is 24.2. The molecule has 0 radical (unpaired) electrons. The van der Waals surface area contributed by atoms with Gasteiger partial charge in [0.25, 0.3) is 5.91 Å². The van der Waals surface area contributed by atoms with Gasteiger partial charge < -0.3 is 15.0 Å². The molecule has 1 aliphatic carbocycles. The molecule has 0 unspecified atom stereocenters. The lowest BCUT2D eigenvalue weighted by atomic mass is 9.90. The number of piperidine rings is 1. The summed E-state index contributed by atoms with van der Waals surface area (Å²) in [6.07, 6.45) is 2.41. The summed E-state index contributed by atoms with van der Waals surface area (Å²) in [6.45, 7) is 0.785. The van der Waals surface area contributed by atoms with Crippen LogP contribution in [0.15, 0.2) is 47.4 Å². The predicted octanol–water partition coefficient (Wildman–Crippen LogP) is 2.99. The third kappa shape index (κ3) is 4.32. The molecule has 0 aromatic heterocycles. The van der Waals surface area contributed by atoms with Crippen LogP contribution in [0.25, 0.3) is 0 Å². The number of nitrogens with zero attached hydrogens (tertiary/aromatic N) is 1. The van der Waals surface area contributed by atoms with E-state index in [1.165, 1.54) is 24.3 Å². The van der Waals surface area contributed by atoms with Gasteiger partial charge in [-0.2, -0.15) is 0 Å². The van der Waals surface area contributed by atoms with E-state index in [1.54, 1.807) is 23.1 Å². The minimum absolute atomic E-state index is 0.0501. The molecule has 4 atom stereocenters. The Morgan fingerprint density at radius 1 is 1.18 bits per heavy atom. The van der Waals surface area contributed by atoms with E-state index in [0.29, 0.717) is 25.2 Å². The second kappa shape index (κ2) is 8.62. The average molecular weight is 507 g/mol. The molecule has 34 heavy (non-hydrogen) atoms. The lowest BCUT2D eigenvalue weighted by molar-refractivity contribution is -0.128. The molecule has 2 aromatic rings. The van der Waals surface area contributed by atoms with Crippen molar-refractivity contribution in [1.82, 2.24) is 10.2 Å². The number of rotatable bonds is 6. The summed E-state index contributed by atoms with van der Waals surface area (Å²) in [7, 11) is -3.48. The number of nitrogens with one attached hydrogen (secondary N) is 1. The molecule has 5 rings (SSSR count). The molecule has 2 aliphatic heterocycles. The summed E-state index contributed by atoms with van der Waals surface area (Å²) in [5.41, 5.74) is 0.550. The SMILES string of the molecule is CS(=O)(=O)c1cccc(C(=O)N2[C@@H](C(=O)N[C@@H](c3ccc(Cl)cc3F)C3COC3)C[C@H]3C[C@H]32)c1. The second-order valence-corrected chi connectivity index (χ2v) is 11.7. The minimum atomic E-state index is -3.48. The molecule has 1 N–H and O–H groups in total. The highest BCUT2D eigenvalue weighted by atomic mass is 35.5. The molecule has 2 amide bonds. The summed E-state index contributed by atoms with van der Waals surface area (Å²) in [5, 5.41) is 3.22. The number of amides is 2. The molecule has 10 heteroatoms. The molecule has 0 spiro atoms. The fraction of sp³-hybridized carbons (Fsp3) is 0.417. The Morgan fingerprint density at radius 3 is 2.59 bits per heavy atom. The van der Waals surface area contributed by atoms with Crippen LogP contribution in [0.5, 0.6) is 0 Å². The first-order valence-corrected chi connectivity index (χ1v) is 13.4. The van der Waals surface area contributed by atoms with Crippen molar-refractivity contribution >= 4 is 33.3 Å². The first-order valence-electron chi connectivity index (χ1n) is 11.1. The van der Waals surface area contributed by atoms with Gasteiger partial charge in [-0.15, -0.1) is 0 Å². The summed E-state index contributed by atoms with van der Waals surface area (Å²) in [5.74, 6) is -1.10. The summed E-state index contributed by atoms with van der Waals surface area (Å²) in [6, 6.07) is 8.84. The molecule has 7 nitrogen and oxygen atoms in total. The van der Waals surface area contributed by atoms with Crippen LogP contribution in [0.4, 0.5) is 4.39 Å².